The van der Waals surface area contributed by atoms with E-state index in [1.165, 1.54) is 11.1 Å². The summed E-state index contributed by atoms with van der Waals surface area (Å²) in [5, 5.41) is 23.4. The summed E-state index contributed by atoms with van der Waals surface area (Å²) in [6, 6.07) is 14.4. The first kappa shape index (κ1) is 20.3. The van der Waals surface area contributed by atoms with E-state index >= 15 is 0 Å². The van der Waals surface area contributed by atoms with Gasteiger partial charge >= 0.3 is 0 Å². The van der Waals surface area contributed by atoms with Crippen molar-refractivity contribution in [2.75, 3.05) is 0 Å². The quantitative estimate of drug-likeness (QED) is 0.519. The lowest BCUT2D eigenvalue weighted by atomic mass is 9.77. The van der Waals surface area contributed by atoms with Gasteiger partial charge in [0.1, 0.15) is 11.5 Å². The standard InChI is InChI=1S/C26H32O2/c1-16-12-18(19-10-8-9-11-20(19)23(16)27)13-17-14-21(25(2,3)4)24(28)22(15-17)26(5,6)7/h8-12,14-15,27-28H,13H2,1-7H3. The molecule has 3 rings (SSSR count). The summed E-state index contributed by atoms with van der Waals surface area (Å²) >= 11 is 0. The van der Waals surface area contributed by atoms with Gasteiger partial charge in [-0.25, -0.2) is 0 Å². The van der Waals surface area contributed by atoms with Gasteiger partial charge in [0.2, 0.25) is 0 Å². The van der Waals surface area contributed by atoms with Gasteiger partial charge in [-0.3, -0.25) is 0 Å². The molecule has 0 bridgehead atoms. The van der Waals surface area contributed by atoms with Crippen LogP contribution in [0.2, 0.25) is 0 Å². The Hall–Kier alpha value is -2.48. The molecule has 0 unspecified atom stereocenters. The average Bonchev–Trinajstić information content (AvgIpc) is 2.59. The third-order valence-electron chi connectivity index (χ3n) is 5.47. The third kappa shape index (κ3) is 3.73. The molecular weight excluding hydrogens is 344 g/mol. The molecule has 0 heterocycles. The molecule has 148 valence electrons. The highest BCUT2D eigenvalue weighted by atomic mass is 16.3. The fourth-order valence-electron chi connectivity index (χ4n) is 3.90. The van der Waals surface area contributed by atoms with E-state index in [2.05, 4.69) is 65.8 Å². The molecule has 3 aromatic carbocycles. The van der Waals surface area contributed by atoms with Crippen molar-refractivity contribution in [1.29, 1.82) is 0 Å². The number of phenols is 2. The predicted octanol–water partition coefficient (Wildman–Crippen LogP) is 6.75. The zero-order valence-corrected chi connectivity index (χ0v) is 18.1. The van der Waals surface area contributed by atoms with Gasteiger partial charge in [0.05, 0.1) is 0 Å². The molecule has 0 saturated carbocycles. The minimum absolute atomic E-state index is 0.146. The van der Waals surface area contributed by atoms with Crippen LogP contribution < -0.4 is 0 Å². The van der Waals surface area contributed by atoms with Gasteiger partial charge in [0, 0.05) is 5.39 Å². The van der Waals surface area contributed by atoms with E-state index in [4.69, 9.17) is 0 Å². The molecule has 0 fully saturated rings. The Balaban J connectivity index is 2.21. The minimum Gasteiger partial charge on any atom is -0.507 e. The van der Waals surface area contributed by atoms with Gasteiger partial charge in [-0.15, -0.1) is 0 Å². The van der Waals surface area contributed by atoms with E-state index < -0.39 is 0 Å². The number of aromatic hydroxyl groups is 2. The largest absolute Gasteiger partial charge is 0.507 e. The number of benzene rings is 3. The van der Waals surface area contributed by atoms with Crippen molar-refractivity contribution < 1.29 is 10.2 Å². The average molecular weight is 377 g/mol. The van der Waals surface area contributed by atoms with Crippen LogP contribution in [0.25, 0.3) is 10.8 Å². The molecule has 0 atom stereocenters. The van der Waals surface area contributed by atoms with Crippen molar-refractivity contribution in [3.05, 3.63) is 70.3 Å². The summed E-state index contributed by atoms with van der Waals surface area (Å²) in [5.74, 6) is 0.770. The number of phenolic OH excluding ortho intramolecular Hbond substituents is 2. The van der Waals surface area contributed by atoms with Gasteiger partial charge in [0.15, 0.2) is 0 Å². The second-order valence-electron chi connectivity index (χ2n) is 9.96. The number of rotatable bonds is 2. The molecule has 0 spiro atoms. The smallest absolute Gasteiger partial charge is 0.126 e. The number of aryl methyl sites for hydroxylation is 1. The SMILES string of the molecule is Cc1cc(Cc2cc(C(C)(C)C)c(O)c(C(C)(C)C)c2)c2ccccc2c1O. The first-order valence-electron chi connectivity index (χ1n) is 9.96. The molecule has 0 aliphatic rings. The Kier molecular flexibility index (Phi) is 4.95. The molecule has 0 aliphatic heterocycles. The highest BCUT2D eigenvalue weighted by molar-refractivity contribution is 5.92. The first-order chi connectivity index (χ1) is 12.9. The highest BCUT2D eigenvalue weighted by Gasteiger charge is 2.26. The summed E-state index contributed by atoms with van der Waals surface area (Å²) in [5.41, 5.74) is 4.93. The number of hydrogen-bond acceptors (Lipinski definition) is 2. The molecule has 0 aliphatic carbocycles. The normalized spacial score (nSPS) is 12.5. The molecule has 0 amide bonds. The van der Waals surface area contributed by atoms with Crippen LogP contribution in [-0.2, 0) is 17.3 Å². The Labute approximate surface area is 168 Å². The van der Waals surface area contributed by atoms with Crippen molar-refractivity contribution in [2.24, 2.45) is 0 Å². The molecule has 2 nitrogen and oxygen atoms in total. The lowest BCUT2D eigenvalue weighted by molar-refractivity contribution is 0.423. The number of fused-ring (bicyclic) bond motifs is 1. The first-order valence-corrected chi connectivity index (χ1v) is 9.96. The maximum atomic E-state index is 11.0. The summed E-state index contributed by atoms with van der Waals surface area (Å²) in [7, 11) is 0. The van der Waals surface area contributed by atoms with Gasteiger partial charge in [-0.05, 0) is 57.4 Å². The maximum absolute atomic E-state index is 11.0. The predicted molar refractivity (Wildman–Crippen MR) is 119 cm³/mol. The van der Waals surface area contributed by atoms with Crippen molar-refractivity contribution >= 4 is 10.8 Å². The monoisotopic (exact) mass is 376 g/mol. The number of hydrogen-bond donors (Lipinski definition) is 2. The molecule has 0 saturated heterocycles. The van der Waals surface area contributed by atoms with Crippen LogP contribution in [-0.4, -0.2) is 10.2 Å². The molecular formula is C26H32O2. The third-order valence-corrected chi connectivity index (χ3v) is 5.47. The van der Waals surface area contributed by atoms with Gasteiger partial charge in [-0.2, -0.15) is 0 Å². The van der Waals surface area contributed by atoms with Crippen LogP contribution in [0, 0.1) is 6.92 Å². The zero-order valence-electron chi connectivity index (χ0n) is 18.1. The topological polar surface area (TPSA) is 40.5 Å². The Morgan fingerprint density at radius 1 is 0.714 bits per heavy atom. The van der Waals surface area contributed by atoms with E-state index in [9.17, 15) is 10.2 Å². The second-order valence-corrected chi connectivity index (χ2v) is 9.96. The van der Waals surface area contributed by atoms with Crippen LogP contribution in [0.15, 0.2) is 42.5 Å². The molecule has 0 radical (unpaired) electrons. The highest BCUT2D eigenvalue weighted by Crippen LogP contribution is 2.41. The van der Waals surface area contributed by atoms with Crippen LogP contribution in [0.5, 0.6) is 11.5 Å². The van der Waals surface area contributed by atoms with Crippen LogP contribution in [0.1, 0.15) is 69.4 Å². The van der Waals surface area contributed by atoms with E-state index in [0.717, 1.165) is 33.9 Å². The van der Waals surface area contributed by atoms with Gasteiger partial charge in [0.25, 0.3) is 0 Å². The molecule has 2 heteroatoms. The Morgan fingerprint density at radius 2 is 1.21 bits per heavy atom. The van der Waals surface area contributed by atoms with E-state index in [1.807, 2.05) is 25.1 Å². The fraction of sp³-hybridized carbons (Fsp3) is 0.385. The second kappa shape index (κ2) is 6.84. The molecule has 3 aromatic rings. The van der Waals surface area contributed by atoms with E-state index in [0.29, 0.717) is 11.5 Å². The lowest BCUT2D eigenvalue weighted by Crippen LogP contribution is -2.18. The van der Waals surface area contributed by atoms with Crippen LogP contribution in [0.4, 0.5) is 0 Å². The summed E-state index contributed by atoms with van der Waals surface area (Å²) in [6.07, 6.45) is 0.758. The van der Waals surface area contributed by atoms with Crippen molar-refractivity contribution in [3.63, 3.8) is 0 Å². The van der Waals surface area contributed by atoms with Gasteiger partial charge < -0.3 is 10.2 Å². The Morgan fingerprint density at radius 3 is 1.71 bits per heavy atom. The summed E-state index contributed by atoms with van der Waals surface area (Å²) in [4.78, 5) is 0. The van der Waals surface area contributed by atoms with Crippen molar-refractivity contribution in [1.82, 2.24) is 0 Å². The van der Waals surface area contributed by atoms with E-state index in [1.54, 1.807) is 0 Å². The van der Waals surface area contributed by atoms with Crippen LogP contribution in [0.3, 0.4) is 0 Å². The fourth-order valence-corrected chi connectivity index (χ4v) is 3.90. The minimum atomic E-state index is -0.146. The molecule has 2 N–H and O–H groups in total. The maximum Gasteiger partial charge on any atom is 0.126 e. The lowest BCUT2D eigenvalue weighted by Gasteiger charge is -2.28. The van der Waals surface area contributed by atoms with Crippen molar-refractivity contribution in [2.45, 2.75) is 65.7 Å². The van der Waals surface area contributed by atoms with Gasteiger partial charge in [-0.1, -0.05) is 84.0 Å². The molecule has 28 heavy (non-hydrogen) atoms. The Bertz CT molecular complexity index is 996. The molecule has 0 aromatic heterocycles. The van der Waals surface area contributed by atoms with Crippen LogP contribution >= 0.6 is 0 Å². The van der Waals surface area contributed by atoms with Crippen molar-refractivity contribution in [3.8, 4) is 11.5 Å². The summed E-state index contributed by atoms with van der Waals surface area (Å²) < 4.78 is 0. The summed E-state index contributed by atoms with van der Waals surface area (Å²) in [6.45, 7) is 14.8. The zero-order chi connectivity index (χ0) is 20.9. The van der Waals surface area contributed by atoms with E-state index in [-0.39, 0.29) is 10.8 Å².